The molecule has 36 heavy (non-hydrogen) atoms. The average Bonchev–Trinajstić information content (AvgIpc) is 2.86. The molecule has 0 rings (SSSR count). The summed E-state index contributed by atoms with van der Waals surface area (Å²) in [6, 6.07) is -0.768. The fourth-order valence-electron chi connectivity index (χ4n) is 3.78. The van der Waals surface area contributed by atoms with E-state index in [4.69, 9.17) is 0 Å². The molecule has 0 fully saturated rings. The minimum absolute atomic E-state index is 0.0112. The van der Waals surface area contributed by atoms with Gasteiger partial charge in [-0.05, 0) is 64.2 Å². The van der Waals surface area contributed by atoms with Gasteiger partial charge in [0.15, 0.2) is 0 Å². The maximum Gasteiger partial charge on any atom is 0.222 e. The number of aliphatic hydroxyl groups excluding tert-OH is 3. The van der Waals surface area contributed by atoms with E-state index in [1.165, 1.54) is 25.7 Å². The van der Waals surface area contributed by atoms with Gasteiger partial charge in [-0.2, -0.15) is 0 Å². The highest BCUT2D eigenvalue weighted by Crippen LogP contribution is 2.10. The lowest BCUT2D eigenvalue weighted by molar-refractivity contribution is -0.124. The third-order valence-electron chi connectivity index (χ3n) is 6.05. The first kappa shape index (κ1) is 34.3. The molecule has 0 saturated heterocycles. The Morgan fingerprint density at radius 1 is 0.694 bits per heavy atom. The highest BCUT2D eigenvalue weighted by Gasteiger charge is 2.19. The molecule has 0 aliphatic heterocycles. The van der Waals surface area contributed by atoms with Crippen LogP contribution in [0.4, 0.5) is 0 Å². The summed E-state index contributed by atoms with van der Waals surface area (Å²) < 4.78 is 0. The molecule has 5 heteroatoms. The number of hydrogen-bond donors (Lipinski definition) is 4. The average molecular weight is 506 g/mol. The Balaban J connectivity index is 3.97. The Hall–Kier alpha value is -1.69. The van der Waals surface area contributed by atoms with Crippen molar-refractivity contribution in [1.29, 1.82) is 0 Å². The van der Waals surface area contributed by atoms with Gasteiger partial charge in [-0.3, -0.25) is 4.79 Å². The first-order valence-corrected chi connectivity index (χ1v) is 14.4. The molecule has 0 aliphatic carbocycles. The zero-order chi connectivity index (χ0) is 26.7. The third kappa shape index (κ3) is 22.8. The second kappa shape index (κ2) is 26.4. The first-order valence-electron chi connectivity index (χ1n) is 14.4. The maximum absolute atomic E-state index is 12.2. The smallest absolute Gasteiger partial charge is 0.222 e. The van der Waals surface area contributed by atoms with Gasteiger partial charge in [0.05, 0.1) is 31.3 Å². The van der Waals surface area contributed by atoms with Crippen molar-refractivity contribution in [2.45, 2.75) is 135 Å². The van der Waals surface area contributed by atoms with Crippen LogP contribution < -0.4 is 5.32 Å². The molecule has 0 aromatic carbocycles. The Bertz CT molecular complexity index is 612. The van der Waals surface area contributed by atoms with Gasteiger partial charge in [0.1, 0.15) is 0 Å². The molecule has 5 nitrogen and oxygen atoms in total. The second-order valence-corrected chi connectivity index (χ2v) is 9.62. The standard InChI is InChI=1S/C31H55NO4/c1-3-5-7-9-11-13-15-17-19-21-23-25-30(35)29(27-33)32-31(36)26-28(34)24-22-20-18-16-14-12-10-8-6-4-2/h7,9,12,14-15,17,23,25,28-30,33-35H,3-6,8,10-11,13,16,18-22,24,26-27H2,1-2H3,(H,32,36)/b9-7+,14-12-,17-15+,25-23+. The van der Waals surface area contributed by atoms with E-state index < -0.39 is 18.2 Å². The van der Waals surface area contributed by atoms with Gasteiger partial charge in [-0.25, -0.2) is 0 Å². The molecule has 208 valence electrons. The summed E-state index contributed by atoms with van der Waals surface area (Å²) in [7, 11) is 0. The van der Waals surface area contributed by atoms with Crippen LogP contribution in [0.1, 0.15) is 117 Å². The van der Waals surface area contributed by atoms with Crippen LogP contribution in [0.2, 0.25) is 0 Å². The van der Waals surface area contributed by atoms with Crippen molar-refractivity contribution in [2.24, 2.45) is 0 Å². The summed E-state index contributed by atoms with van der Waals surface area (Å²) >= 11 is 0. The van der Waals surface area contributed by atoms with Gasteiger partial charge < -0.3 is 20.6 Å². The number of allylic oxidation sites excluding steroid dienone is 7. The summed E-state index contributed by atoms with van der Waals surface area (Å²) in [5.74, 6) is -0.347. The Labute approximate surface area is 221 Å². The van der Waals surface area contributed by atoms with Crippen LogP contribution in [0.25, 0.3) is 0 Å². The predicted octanol–water partition coefficient (Wildman–Crippen LogP) is 6.69. The maximum atomic E-state index is 12.2. The number of aliphatic hydroxyl groups is 3. The predicted molar refractivity (Wildman–Crippen MR) is 153 cm³/mol. The lowest BCUT2D eigenvalue weighted by Crippen LogP contribution is -2.45. The van der Waals surface area contributed by atoms with E-state index in [1.54, 1.807) is 6.08 Å². The van der Waals surface area contributed by atoms with Crippen molar-refractivity contribution in [2.75, 3.05) is 6.61 Å². The topological polar surface area (TPSA) is 89.8 Å². The van der Waals surface area contributed by atoms with E-state index in [-0.39, 0.29) is 18.9 Å². The van der Waals surface area contributed by atoms with E-state index in [0.29, 0.717) is 6.42 Å². The molecule has 0 aliphatic rings. The van der Waals surface area contributed by atoms with E-state index >= 15 is 0 Å². The van der Waals surface area contributed by atoms with Crippen LogP contribution in [0, 0.1) is 0 Å². The lowest BCUT2D eigenvalue weighted by atomic mass is 10.1. The zero-order valence-electron chi connectivity index (χ0n) is 23.1. The van der Waals surface area contributed by atoms with Crippen molar-refractivity contribution in [3.8, 4) is 0 Å². The molecule has 0 saturated carbocycles. The van der Waals surface area contributed by atoms with Crippen LogP contribution in [0.3, 0.4) is 0 Å². The summed E-state index contributed by atoms with van der Waals surface area (Å²) in [5.41, 5.74) is 0. The molecule has 0 aromatic heterocycles. The normalized spacial score (nSPS) is 14.9. The largest absolute Gasteiger partial charge is 0.394 e. The van der Waals surface area contributed by atoms with Gasteiger partial charge in [0.25, 0.3) is 0 Å². The number of amides is 1. The molecule has 0 spiro atoms. The minimum Gasteiger partial charge on any atom is -0.394 e. The van der Waals surface area contributed by atoms with E-state index in [1.807, 2.05) is 6.08 Å². The highest BCUT2D eigenvalue weighted by molar-refractivity contribution is 5.76. The number of rotatable bonds is 24. The Morgan fingerprint density at radius 3 is 1.83 bits per heavy atom. The summed E-state index contributed by atoms with van der Waals surface area (Å²) in [6.45, 7) is 4.03. The molecule has 3 atom stereocenters. The zero-order valence-corrected chi connectivity index (χ0v) is 23.1. The summed E-state index contributed by atoms with van der Waals surface area (Å²) in [5, 5.41) is 32.7. The monoisotopic (exact) mass is 505 g/mol. The highest BCUT2D eigenvalue weighted by atomic mass is 16.3. The molecular formula is C31H55NO4. The van der Waals surface area contributed by atoms with Crippen LogP contribution >= 0.6 is 0 Å². The van der Waals surface area contributed by atoms with Gasteiger partial charge >= 0.3 is 0 Å². The molecular weight excluding hydrogens is 450 g/mol. The lowest BCUT2D eigenvalue weighted by Gasteiger charge is -2.20. The van der Waals surface area contributed by atoms with Crippen molar-refractivity contribution in [3.05, 3.63) is 48.6 Å². The number of hydrogen-bond acceptors (Lipinski definition) is 4. The molecule has 0 bridgehead atoms. The fourth-order valence-corrected chi connectivity index (χ4v) is 3.78. The van der Waals surface area contributed by atoms with Crippen molar-refractivity contribution in [1.82, 2.24) is 5.32 Å². The molecule has 0 aromatic rings. The fraction of sp³-hybridized carbons (Fsp3) is 0.710. The summed E-state index contributed by atoms with van der Waals surface area (Å²) in [6.07, 6.45) is 30.9. The number of carbonyl (C=O) groups excluding carboxylic acids is 1. The van der Waals surface area contributed by atoms with Crippen molar-refractivity contribution >= 4 is 5.91 Å². The van der Waals surface area contributed by atoms with Gasteiger partial charge in [-0.15, -0.1) is 0 Å². The first-order chi connectivity index (χ1) is 17.5. The van der Waals surface area contributed by atoms with Gasteiger partial charge in [0.2, 0.25) is 5.91 Å². The van der Waals surface area contributed by atoms with Crippen LogP contribution in [0.5, 0.6) is 0 Å². The number of carbonyl (C=O) groups is 1. The Morgan fingerprint density at radius 2 is 1.25 bits per heavy atom. The van der Waals surface area contributed by atoms with E-state index in [2.05, 4.69) is 55.6 Å². The van der Waals surface area contributed by atoms with E-state index in [9.17, 15) is 20.1 Å². The molecule has 4 N–H and O–H groups in total. The van der Waals surface area contributed by atoms with Crippen molar-refractivity contribution < 1.29 is 20.1 Å². The quantitative estimate of drug-likeness (QED) is 0.0869. The number of unbranched alkanes of at least 4 members (excludes halogenated alkanes) is 9. The van der Waals surface area contributed by atoms with Crippen LogP contribution in [0.15, 0.2) is 48.6 Å². The van der Waals surface area contributed by atoms with Gasteiger partial charge in [0, 0.05) is 0 Å². The summed E-state index contributed by atoms with van der Waals surface area (Å²) in [4.78, 5) is 12.2. The Kier molecular flexibility index (Phi) is 25.1. The molecule has 3 unspecified atom stereocenters. The number of nitrogens with one attached hydrogen (secondary N) is 1. The van der Waals surface area contributed by atoms with Gasteiger partial charge in [-0.1, -0.05) is 94.6 Å². The van der Waals surface area contributed by atoms with Crippen molar-refractivity contribution in [3.63, 3.8) is 0 Å². The second-order valence-electron chi connectivity index (χ2n) is 9.62. The molecule has 0 radical (unpaired) electrons. The molecule has 1 amide bonds. The van der Waals surface area contributed by atoms with Crippen LogP contribution in [-0.4, -0.2) is 46.1 Å². The van der Waals surface area contributed by atoms with E-state index in [0.717, 1.165) is 64.2 Å². The van der Waals surface area contributed by atoms with Crippen LogP contribution in [-0.2, 0) is 4.79 Å². The minimum atomic E-state index is -0.959. The molecule has 0 heterocycles. The third-order valence-corrected chi connectivity index (χ3v) is 6.05. The SMILES string of the molecule is CCC/C=C/CC/C=C/CC/C=C/C(O)C(CO)NC(=O)CC(O)CCCCC/C=C\CCCCC.